The van der Waals surface area contributed by atoms with Crippen molar-refractivity contribution in [1.82, 2.24) is 0 Å². The molecule has 1 N–H and O–H groups in total. The molecule has 1 aliphatic heterocycles. The summed E-state index contributed by atoms with van der Waals surface area (Å²) in [4.78, 5) is -1.24. The van der Waals surface area contributed by atoms with Crippen molar-refractivity contribution < 1.29 is 43.2 Å². The van der Waals surface area contributed by atoms with Gasteiger partial charge in [0, 0.05) is 6.54 Å². The Bertz CT molecular complexity index is 1220. The molecule has 14 heteroatoms. The lowest BCUT2D eigenvalue weighted by atomic mass is 10.0. The van der Waals surface area contributed by atoms with Gasteiger partial charge in [-0.15, -0.1) is 0 Å². The molecule has 0 aliphatic carbocycles. The Hall–Kier alpha value is -2.48. The van der Waals surface area contributed by atoms with Gasteiger partial charge in [-0.2, -0.15) is 26.3 Å². The highest BCUT2D eigenvalue weighted by atomic mass is 32.2. The van der Waals surface area contributed by atoms with E-state index in [9.17, 15) is 43.2 Å². The highest BCUT2D eigenvalue weighted by molar-refractivity contribution is 7.92. The molecule has 176 valence electrons. The molecule has 32 heavy (non-hydrogen) atoms. The van der Waals surface area contributed by atoms with Crippen molar-refractivity contribution in [2.75, 3.05) is 21.8 Å². The van der Waals surface area contributed by atoms with Crippen LogP contribution in [0.1, 0.15) is 23.1 Å². The van der Waals surface area contributed by atoms with Crippen LogP contribution in [0.25, 0.3) is 0 Å². The summed E-state index contributed by atoms with van der Waals surface area (Å²) in [5.41, 5.74) is -2.99. The van der Waals surface area contributed by atoms with Gasteiger partial charge in [-0.05, 0) is 48.7 Å². The number of fused-ring (bicyclic) bond motifs is 1. The Kier molecular flexibility index (Phi) is 5.91. The number of nitrogens with zero attached hydrogens (tertiary/aromatic N) is 1. The van der Waals surface area contributed by atoms with E-state index in [4.69, 9.17) is 0 Å². The van der Waals surface area contributed by atoms with Crippen LogP contribution in [0, 0.1) is 0 Å². The van der Waals surface area contributed by atoms with Crippen LogP contribution in [-0.4, -0.2) is 29.6 Å². The van der Waals surface area contributed by atoms with Crippen molar-refractivity contribution in [3.05, 3.63) is 53.1 Å². The molecule has 1 aliphatic rings. The number of nitrogens with one attached hydrogen (secondary N) is 1. The average Bonchev–Trinajstić information content (AvgIpc) is 2.64. The first-order valence-electron chi connectivity index (χ1n) is 8.91. The second-order valence-corrected chi connectivity index (χ2v) is 10.7. The van der Waals surface area contributed by atoms with E-state index in [-0.39, 0.29) is 36.1 Å². The van der Waals surface area contributed by atoms with Gasteiger partial charge >= 0.3 is 12.4 Å². The largest absolute Gasteiger partial charge is 0.416 e. The minimum atomic E-state index is -5.21. The van der Waals surface area contributed by atoms with Crippen molar-refractivity contribution in [1.29, 1.82) is 0 Å². The van der Waals surface area contributed by atoms with E-state index in [0.29, 0.717) is 18.4 Å². The standard InChI is InChI=1S/C18H16F6N2O4S2/c1-31(27,28)26-6-2-3-11-4-5-14(10-16(11)26)25-32(29,30)15-8-12(17(19,20)21)7-13(9-15)18(22,23)24/h4-5,7-10,25H,2-3,6H2,1H3. The number of hydrogen-bond donors (Lipinski definition) is 1. The summed E-state index contributed by atoms with van der Waals surface area (Å²) in [6.07, 6.45) is -8.44. The quantitative estimate of drug-likeness (QED) is 0.635. The molecule has 0 unspecified atom stereocenters. The molecule has 0 fully saturated rings. The molecule has 2 aromatic rings. The maximum absolute atomic E-state index is 13.0. The van der Waals surface area contributed by atoms with Gasteiger partial charge in [0.25, 0.3) is 10.0 Å². The SMILES string of the molecule is CS(=O)(=O)N1CCCc2ccc(NS(=O)(=O)c3cc(C(F)(F)F)cc(C(F)(F)F)c3)cc21. The van der Waals surface area contributed by atoms with E-state index < -0.39 is 48.4 Å². The normalized spacial score (nSPS) is 15.4. The van der Waals surface area contributed by atoms with E-state index in [1.54, 1.807) is 0 Å². The lowest BCUT2D eigenvalue weighted by Gasteiger charge is -2.29. The number of hydrogen-bond acceptors (Lipinski definition) is 4. The maximum Gasteiger partial charge on any atom is 0.416 e. The molecule has 0 saturated carbocycles. The van der Waals surface area contributed by atoms with Gasteiger partial charge in [-0.1, -0.05) is 6.07 Å². The molecule has 3 rings (SSSR count). The van der Waals surface area contributed by atoms with Gasteiger partial charge in [0.15, 0.2) is 0 Å². The molecule has 1 heterocycles. The topological polar surface area (TPSA) is 83.6 Å². The molecular weight excluding hydrogens is 486 g/mol. The summed E-state index contributed by atoms with van der Waals surface area (Å²) in [6, 6.07) is 3.88. The third-order valence-electron chi connectivity index (χ3n) is 4.69. The fourth-order valence-electron chi connectivity index (χ4n) is 3.24. The Morgan fingerprint density at radius 1 is 0.875 bits per heavy atom. The monoisotopic (exact) mass is 502 g/mol. The number of rotatable bonds is 4. The molecule has 6 nitrogen and oxygen atoms in total. The molecule has 0 spiro atoms. The number of anilines is 2. The van der Waals surface area contributed by atoms with Gasteiger partial charge < -0.3 is 0 Å². The van der Waals surface area contributed by atoms with Crippen molar-refractivity contribution in [3.8, 4) is 0 Å². The molecule has 2 aromatic carbocycles. The number of sulfonamides is 2. The maximum atomic E-state index is 13.0. The first-order valence-corrected chi connectivity index (χ1v) is 12.2. The molecule has 0 atom stereocenters. The van der Waals surface area contributed by atoms with E-state index in [1.165, 1.54) is 18.2 Å². The number of alkyl halides is 6. The third kappa shape index (κ3) is 5.11. The Balaban J connectivity index is 2.05. The Morgan fingerprint density at radius 3 is 1.94 bits per heavy atom. The van der Waals surface area contributed by atoms with Crippen LogP contribution in [0.15, 0.2) is 41.3 Å². The molecule has 0 aromatic heterocycles. The summed E-state index contributed by atoms with van der Waals surface area (Å²) < 4.78 is 131. The van der Waals surface area contributed by atoms with Gasteiger partial charge in [0.1, 0.15) is 0 Å². The first-order chi connectivity index (χ1) is 14.5. The van der Waals surface area contributed by atoms with E-state index in [2.05, 4.69) is 0 Å². The van der Waals surface area contributed by atoms with Crippen molar-refractivity contribution in [3.63, 3.8) is 0 Å². The minimum Gasteiger partial charge on any atom is -0.280 e. The first kappa shape index (κ1) is 24.2. The zero-order chi connectivity index (χ0) is 24.1. The van der Waals surface area contributed by atoms with Crippen LogP contribution in [-0.2, 0) is 38.8 Å². The predicted molar refractivity (Wildman–Crippen MR) is 104 cm³/mol. The van der Waals surface area contributed by atoms with Crippen LogP contribution in [0.3, 0.4) is 0 Å². The zero-order valence-corrected chi connectivity index (χ0v) is 17.9. The molecule has 0 radical (unpaired) electrons. The minimum absolute atomic E-state index is 0.0960. The summed E-state index contributed by atoms with van der Waals surface area (Å²) in [7, 11) is -8.57. The summed E-state index contributed by atoms with van der Waals surface area (Å²) in [5.74, 6) is 0. The fraction of sp³-hybridized carbons (Fsp3) is 0.333. The van der Waals surface area contributed by atoms with Gasteiger partial charge in [-0.3, -0.25) is 9.03 Å². The Morgan fingerprint density at radius 2 is 1.44 bits per heavy atom. The second kappa shape index (κ2) is 7.83. The predicted octanol–water partition coefficient (Wildman–Crippen LogP) is 4.24. The number of benzene rings is 2. The molecule has 0 saturated heterocycles. The zero-order valence-electron chi connectivity index (χ0n) is 16.2. The summed E-state index contributed by atoms with van der Waals surface area (Å²) in [5, 5.41) is 0. The van der Waals surface area contributed by atoms with E-state index in [1.807, 2.05) is 4.72 Å². The highest BCUT2D eigenvalue weighted by Gasteiger charge is 2.38. The summed E-state index contributed by atoms with van der Waals surface area (Å²) >= 11 is 0. The smallest absolute Gasteiger partial charge is 0.280 e. The highest BCUT2D eigenvalue weighted by Crippen LogP contribution is 2.38. The molecule has 0 amide bonds. The van der Waals surface area contributed by atoms with Crippen molar-refractivity contribution >= 4 is 31.4 Å². The lowest BCUT2D eigenvalue weighted by Crippen LogP contribution is -2.34. The van der Waals surface area contributed by atoms with Crippen LogP contribution < -0.4 is 9.03 Å². The molecular formula is C18H16F6N2O4S2. The van der Waals surface area contributed by atoms with Gasteiger partial charge in [0.2, 0.25) is 10.0 Å². The van der Waals surface area contributed by atoms with Crippen LogP contribution in [0.2, 0.25) is 0 Å². The molecule has 0 bridgehead atoms. The average molecular weight is 502 g/mol. The van der Waals surface area contributed by atoms with E-state index >= 15 is 0 Å². The van der Waals surface area contributed by atoms with Crippen LogP contribution >= 0.6 is 0 Å². The Labute approximate surface area is 179 Å². The summed E-state index contributed by atoms with van der Waals surface area (Å²) in [6.45, 7) is 0.143. The van der Waals surface area contributed by atoms with Crippen molar-refractivity contribution in [2.45, 2.75) is 30.1 Å². The van der Waals surface area contributed by atoms with Crippen LogP contribution in [0.5, 0.6) is 0 Å². The van der Waals surface area contributed by atoms with Gasteiger partial charge in [-0.25, -0.2) is 16.8 Å². The number of aryl methyl sites for hydroxylation is 1. The lowest BCUT2D eigenvalue weighted by molar-refractivity contribution is -0.143. The van der Waals surface area contributed by atoms with Crippen LogP contribution in [0.4, 0.5) is 37.7 Å². The fourth-order valence-corrected chi connectivity index (χ4v) is 5.35. The second-order valence-electron chi connectivity index (χ2n) is 7.13. The van der Waals surface area contributed by atoms with E-state index in [0.717, 1.165) is 10.6 Å². The third-order valence-corrected chi connectivity index (χ3v) is 7.23. The van der Waals surface area contributed by atoms with Gasteiger partial charge in [0.05, 0.1) is 33.7 Å². The van der Waals surface area contributed by atoms with Crippen molar-refractivity contribution in [2.24, 2.45) is 0 Å². The number of halogens is 6.